The number of carbonyl (C=O) groups excluding carboxylic acids is 1. The number of anilines is 1. The lowest BCUT2D eigenvalue weighted by Crippen LogP contribution is -2.64. The minimum absolute atomic E-state index is 0.0534. The normalized spacial score (nSPS) is 24.7. The molecule has 2 N–H and O–H groups in total. The number of benzene rings is 1. The van der Waals surface area contributed by atoms with Crippen molar-refractivity contribution < 1.29 is 14.3 Å². The van der Waals surface area contributed by atoms with Crippen LogP contribution in [0.4, 0.5) is 10.5 Å². The summed E-state index contributed by atoms with van der Waals surface area (Å²) in [5.74, 6) is 0. The Hall–Kier alpha value is -1.59. The molecule has 1 aromatic rings. The Kier molecular flexibility index (Phi) is 4.60. The summed E-state index contributed by atoms with van der Waals surface area (Å²) in [6.45, 7) is 5.63. The van der Waals surface area contributed by atoms with Crippen molar-refractivity contribution >= 4 is 11.7 Å². The summed E-state index contributed by atoms with van der Waals surface area (Å²) in [5.41, 5.74) is 3.22. The van der Waals surface area contributed by atoms with Crippen LogP contribution in [0, 0.1) is 5.41 Å². The van der Waals surface area contributed by atoms with E-state index >= 15 is 0 Å². The van der Waals surface area contributed by atoms with Crippen molar-refractivity contribution in [3.8, 4) is 0 Å². The molecule has 1 fully saturated rings. The maximum Gasteiger partial charge on any atom is 0.319 e. The first-order valence-electron chi connectivity index (χ1n) is 8.42. The highest BCUT2D eigenvalue weighted by atomic mass is 16.5. The lowest BCUT2D eigenvalue weighted by Gasteiger charge is -2.54. The molecule has 0 aromatic heterocycles. The summed E-state index contributed by atoms with van der Waals surface area (Å²) in [6, 6.07) is 5.96. The molecule has 2 unspecified atom stereocenters. The molecule has 1 aliphatic heterocycles. The largest absolute Gasteiger partial charge is 0.381 e. The third kappa shape index (κ3) is 2.83. The van der Waals surface area contributed by atoms with Crippen molar-refractivity contribution in [3.63, 3.8) is 0 Å². The zero-order chi connectivity index (χ0) is 16.4. The van der Waals surface area contributed by atoms with Crippen LogP contribution in [0.2, 0.25) is 0 Å². The molecular formula is C18H26N2O3. The van der Waals surface area contributed by atoms with E-state index < -0.39 is 0 Å². The van der Waals surface area contributed by atoms with Gasteiger partial charge in [0.15, 0.2) is 0 Å². The molecule has 0 saturated heterocycles. The van der Waals surface area contributed by atoms with Gasteiger partial charge in [0, 0.05) is 24.3 Å². The van der Waals surface area contributed by atoms with Crippen molar-refractivity contribution in [2.75, 3.05) is 12.4 Å². The van der Waals surface area contributed by atoms with E-state index in [-0.39, 0.29) is 23.6 Å². The molecule has 2 amide bonds. The third-order valence-corrected chi connectivity index (χ3v) is 5.67. The Labute approximate surface area is 137 Å². The molecule has 23 heavy (non-hydrogen) atoms. The molecule has 5 nitrogen and oxygen atoms in total. The molecule has 1 heterocycles. The first-order valence-corrected chi connectivity index (χ1v) is 8.42. The quantitative estimate of drug-likeness (QED) is 0.874. The molecule has 3 rings (SSSR count). The van der Waals surface area contributed by atoms with Crippen LogP contribution in [0.1, 0.15) is 44.2 Å². The van der Waals surface area contributed by atoms with Gasteiger partial charge in [0.25, 0.3) is 0 Å². The first-order chi connectivity index (χ1) is 11.1. The fourth-order valence-electron chi connectivity index (χ4n) is 4.05. The van der Waals surface area contributed by atoms with Crippen LogP contribution in [0.3, 0.4) is 0 Å². The molecule has 0 radical (unpaired) electrons. The van der Waals surface area contributed by atoms with Crippen LogP contribution in [-0.4, -0.2) is 25.3 Å². The van der Waals surface area contributed by atoms with Crippen molar-refractivity contribution in [3.05, 3.63) is 29.3 Å². The molecular weight excluding hydrogens is 292 g/mol. The fraction of sp³-hybridized carbons (Fsp3) is 0.611. The summed E-state index contributed by atoms with van der Waals surface area (Å²) < 4.78 is 11.0. The first kappa shape index (κ1) is 16.3. The van der Waals surface area contributed by atoms with Gasteiger partial charge in [-0.15, -0.1) is 0 Å². The number of ether oxygens (including phenoxy) is 2. The van der Waals surface area contributed by atoms with Crippen LogP contribution in [0.5, 0.6) is 0 Å². The van der Waals surface area contributed by atoms with Crippen molar-refractivity contribution in [1.82, 2.24) is 5.32 Å². The Bertz CT molecular complexity index is 584. The number of urea groups is 1. The Morgan fingerprint density at radius 3 is 2.74 bits per heavy atom. The molecule has 126 valence electrons. The third-order valence-electron chi connectivity index (χ3n) is 5.67. The van der Waals surface area contributed by atoms with Gasteiger partial charge in [-0.3, -0.25) is 0 Å². The Balaban J connectivity index is 1.61. The Morgan fingerprint density at radius 1 is 1.30 bits per heavy atom. The van der Waals surface area contributed by atoms with Crippen molar-refractivity contribution in [1.29, 1.82) is 0 Å². The van der Waals surface area contributed by atoms with Gasteiger partial charge in [-0.2, -0.15) is 0 Å². The van der Waals surface area contributed by atoms with Gasteiger partial charge in [0.2, 0.25) is 0 Å². The summed E-state index contributed by atoms with van der Waals surface area (Å²) in [7, 11) is 1.76. The molecule has 1 aliphatic carbocycles. The highest BCUT2D eigenvalue weighted by molar-refractivity contribution is 5.89. The van der Waals surface area contributed by atoms with E-state index in [4.69, 9.17) is 9.47 Å². The van der Waals surface area contributed by atoms with Crippen molar-refractivity contribution in [2.45, 2.75) is 58.5 Å². The minimum Gasteiger partial charge on any atom is -0.381 e. The second-order valence-electron chi connectivity index (χ2n) is 6.53. The van der Waals surface area contributed by atoms with Gasteiger partial charge in [-0.1, -0.05) is 19.9 Å². The predicted molar refractivity (Wildman–Crippen MR) is 89.3 cm³/mol. The fourth-order valence-corrected chi connectivity index (χ4v) is 4.05. The lowest BCUT2D eigenvalue weighted by molar-refractivity contribution is -0.119. The van der Waals surface area contributed by atoms with Crippen molar-refractivity contribution in [2.24, 2.45) is 5.41 Å². The summed E-state index contributed by atoms with van der Waals surface area (Å²) in [6.07, 6.45) is 3.12. The number of methoxy groups -OCH3 is 1. The minimum atomic E-state index is -0.144. The van der Waals surface area contributed by atoms with E-state index in [0.717, 1.165) is 30.5 Å². The predicted octanol–water partition coefficient (Wildman–Crippen LogP) is 3.43. The van der Waals surface area contributed by atoms with E-state index in [9.17, 15) is 4.79 Å². The average Bonchev–Trinajstić information content (AvgIpc) is 3.00. The molecule has 1 aromatic carbocycles. The molecule has 5 heteroatoms. The highest BCUT2D eigenvalue weighted by Gasteiger charge is 2.53. The number of nitrogens with one attached hydrogen (secondary N) is 2. The molecule has 1 saturated carbocycles. The Morgan fingerprint density at radius 2 is 2.04 bits per heavy atom. The van der Waals surface area contributed by atoms with E-state index in [1.165, 1.54) is 5.56 Å². The maximum absolute atomic E-state index is 12.3. The SMILES string of the molecule is CCC1(CC)C(NC(=O)Nc2ccc3c(c2)COC3)CC1OC. The smallest absolute Gasteiger partial charge is 0.319 e. The molecule has 0 bridgehead atoms. The topological polar surface area (TPSA) is 59.6 Å². The van der Waals surface area contributed by atoms with Gasteiger partial charge in [-0.25, -0.2) is 4.79 Å². The van der Waals surface area contributed by atoms with Crippen LogP contribution in [0.25, 0.3) is 0 Å². The average molecular weight is 318 g/mol. The summed E-state index contributed by atoms with van der Waals surface area (Å²) in [5, 5.41) is 6.07. The zero-order valence-corrected chi connectivity index (χ0v) is 14.1. The summed E-state index contributed by atoms with van der Waals surface area (Å²) >= 11 is 0. The highest BCUT2D eigenvalue weighted by Crippen LogP contribution is 2.48. The number of rotatable bonds is 5. The zero-order valence-electron chi connectivity index (χ0n) is 14.1. The molecule has 2 aliphatic rings. The second kappa shape index (κ2) is 6.49. The van der Waals surface area contributed by atoms with Crippen LogP contribution in [0.15, 0.2) is 18.2 Å². The number of hydrogen-bond donors (Lipinski definition) is 2. The number of hydrogen-bond acceptors (Lipinski definition) is 3. The maximum atomic E-state index is 12.3. The van der Waals surface area contributed by atoms with Crippen LogP contribution >= 0.6 is 0 Å². The number of amides is 2. The molecule has 2 atom stereocenters. The standard InChI is InChI=1S/C18H26N2O3/c1-4-18(5-2)15(9-16(18)22-3)20-17(21)19-14-7-6-12-10-23-11-13(12)8-14/h6-8,15-16H,4-5,9-11H2,1-3H3,(H2,19,20,21). The van der Waals surface area contributed by atoms with E-state index in [1.807, 2.05) is 18.2 Å². The van der Waals surface area contributed by atoms with Gasteiger partial charge in [0.05, 0.1) is 19.3 Å². The number of fused-ring (bicyclic) bond motifs is 1. The monoisotopic (exact) mass is 318 g/mol. The summed E-state index contributed by atoms with van der Waals surface area (Å²) in [4.78, 5) is 12.3. The van der Waals surface area contributed by atoms with E-state index in [1.54, 1.807) is 7.11 Å². The molecule has 0 spiro atoms. The number of carbonyl (C=O) groups is 1. The second-order valence-corrected chi connectivity index (χ2v) is 6.53. The van der Waals surface area contributed by atoms with Gasteiger partial charge in [0.1, 0.15) is 0 Å². The van der Waals surface area contributed by atoms with Crippen LogP contribution < -0.4 is 10.6 Å². The van der Waals surface area contributed by atoms with Gasteiger partial charge >= 0.3 is 6.03 Å². The van der Waals surface area contributed by atoms with Crippen LogP contribution in [-0.2, 0) is 22.7 Å². The van der Waals surface area contributed by atoms with Gasteiger partial charge < -0.3 is 20.1 Å². The van der Waals surface area contributed by atoms with E-state index in [2.05, 4.69) is 24.5 Å². The lowest BCUT2D eigenvalue weighted by atomic mass is 9.58. The van der Waals surface area contributed by atoms with Gasteiger partial charge in [-0.05, 0) is 42.5 Å². The van der Waals surface area contributed by atoms with E-state index in [0.29, 0.717) is 13.2 Å².